The van der Waals surface area contributed by atoms with Gasteiger partial charge in [-0.1, -0.05) is 23.2 Å². The lowest BCUT2D eigenvalue weighted by Crippen LogP contribution is -2.47. The average molecular weight is 307 g/mol. The topological polar surface area (TPSA) is 69.6 Å². The predicted octanol–water partition coefficient (Wildman–Crippen LogP) is 1.81. The summed E-state index contributed by atoms with van der Waals surface area (Å²) < 4.78 is 19.7. The van der Waals surface area contributed by atoms with Crippen LogP contribution in [0, 0.1) is 0 Å². The smallest absolute Gasteiger partial charge is 0.282 e. The van der Waals surface area contributed by atoms with Gasteiger partial charge in [-0.25, -0.2) is 4.21 Å². The van der Waals surface area contributed by atoms with Crippen LogP contribution in [0.5, 0.6) is 0 Å². The van der Waals surface area contributed by atoms with Gasteiger partial charge in [-0.15, -0.1) is 0 Å². The van der Waals surface area contributed by atoms with Gasteiger partial charge in [0.15, 0.2) is 11.1 Å². The molecule has 1 aliphatic rings. The molecule has 1 aliphatic heterocycles. The summed E-state index contributed by atoms with van der Waals surface area (Å²) in [6.07, 6.45) is 0. The summed E-state index contributed by atoms with van der Waals surface area (Å²) >= 11 is 9.49. The lowest BCUT2D eigenvalue weighted by molar-refractivity contribution is -0.117. The Morgan fingerprint density at radius 2 is 1.89 bits per heavy atom. The molecular formula is C10H8Cl2N2O3S. The number of benzene rings is 1. The molecule has 0 aromatic heterocycles. The van der Waals surface area contributed by atoms with Crippen molar-refractivity contribution in [3.63, 3.8) is 0 Å². The number of nitrogens with one attached hydrogen (secondary N) is 1. The van der Waals surface area contributed by atoms with Gasteiger partial charge in [-0.2, -0.15) is 0 Å². The van der Waals surface area contributed by atoms with E-state index >= 15 is 0 Å². The Morgan fingerprint density at radius 3 is 2.39 bits per heavy atom. The third kappa shape index (κ3) is 2.67. The molecule has 96 valence electrons. The monoisotopic (exact) mass is 306 g/mol. The molecule has 1 amide bonds. The van der Waals surface area contributed by atoms with Gasteiger partial charge < -0.3 is 4.55 Å². The van der Waals surface area contributed by atoms with E-state index in [1.165, 1.54) is 17.1 Å². The number of rotatable bonds is 2. The average Bonchev–Trinajstić information content (AvgIpc) is 2.35. The zero-order valence-corrected chi connectivity index (χ0v) is 11.2. The van der Waals surface area contributed by atoms with Crippen LogP contribution in [0.4, 0.5) is 5.69 Å². The van der Waals surface area contributed by atoms with Gasteiger partial charge in [-0.05, 0) is 24.3 Å². The number of carbonyl (C=O) groups excluding carboxylic acids is 1. The summed E-state index contributed by atoms with van der Waals surface area (Å²) in [4.78, 5) is 11.7. The minimum Gasteiger partial charge on any atom is -0.302 e. The van der Waals surface area contributed by atoms with E-state index in [0.717, 1.165) is 0 Å². The first-order valence-corrected chi connectivity index (χ1v) is 6.69. The van der Waals surface area contributed by atoms with Crippen LogP contribution in [0.3, 0.4) is 0 Å². The molecule has 8 heteroatoms. The Kier molecular flexibility index (Phi) is 3.91. The van der Waals surface area contributed by atoms with Crippen LogP contribution in [0.15, 0.2) is 39.2 Å². The molecule has 0 bridgehead atoms. The van der Waals surface area contributed by atoms with E-state index in [2.05, 4.69) is 5.43 Å². The van der Waals surface area contributed by atoms with E-state index in [4.69, 9.17) is 27.8 Å². The molecule has 2 rings (SSSR count). The molecule has 0 saturated carbocycles. The largest absolute Gasteiger partial charge is 0.302 e. The maximum atomic E-state index is 11.4. The number of nitrogens with zero attached hydrogens (tertiary/aromatic N) is 1. The third-order valence-corrected chi connectivity index (χ3v) is 3.80. The van der Waals surface area contributed by atoms with Crippen molar-refractivity contribution in [2.45, 2.75) is 4.90 Å². The van der Waals surface area contributed by atoms with E-state index in [0.29, 0.717) is 5.69 Å². The first-order chi connectivity index (χ1) is 8.49. The summed E-state index contributed by atoms with van der Waals surface area (Å²) in [5.74, 6) is -0.484. The highest BCUT2D eigenvalue weighted by atomic mass is 35.5. The van der Waals surface area contributed by atoms with Crippen LogP contribution in [0.1, 0.15) is 0 Å². The third-order valence-electron chi connectivity index (χ3n) is 2.32. The van der Waals surface area contributed by atoms with Gasteiger partial charge in [-0.3, -0.25) is 15.2 Å². The van der Waals surface area contributed by atoms with Crippen LogP contribution >= 0.6 is 23.2 Å². The Morgan fingerprint density at radius 1 is 1.28 bits per heavy atom. The molecule has 0 radical (unpaired) electrons. The van der Waals surface area contributed by atoms with Gasteiger partial charge in [0, 0.05) is 0 Å². The van der Waals surface area contributed by atoms with E-state index in [-0.39, 0.29) is 21.5 Å². The van der Waals surface area contributed by atoms with Gasteiger partial charge in [0.05, 0.1) is 22.2 Å². The fraction of sp³-hybridized carbons (Fsp3) is 0.100. The lowest BCUT2D eigenvalue weighted by atomic mass is 10.3. The normalized spacial score (nSPS) is 17.7. The molecule has 1 aromatic rings. The number of hydrogen-bond acceptors (Lipinski definition) is 3. The van der Waals surface area contributed by atoms with E-state index in [9.17, 15) is 9.00 Å². The molecule has 1 aromatic carbocycles. The Bertz CT molecular complexity index is 545. The highest BCUT2D eigenvalue weighted by Crippen LogP contribution is 2.24. The predicted molar refractivity (Wildman–Crippen MR) is 69.7 cm³/mol. The first-order valence-electron chi connectivity index (χ1n) is 4.82. The molecule has 5 nitrogen and oxygen atoms in total. The molecule has 0 fully saturated rings. The van der Waals surface area contributed by atoms with Gasteiger partial charge in [0.2, 0.25) is 0 Å². The zero-order chi connectivity index (χ0) is 13.3. The molecule has 1 unspecified atom stereocenters. The van der Waals surface area contributed by atoms with E-state index < -0.39 is 17.0 Å². The van der Waals surface area contributed by atoms with Crippen LogP contribution in [-0.4, -0.2) is 21.2 Å². The number of anilines is 1. The molecule has 0 spiro atoms. The minimum absolute atomic E-state index is 0.0269. The number of hydrogen-bond donors (Lipinski definition) is 2. The standard InChI is InChI=1S/C10H8Cl2N2O3S/c11-8-5-14(13-10(15)9(8)12)6-1-3-7(4-2-6)18(16)17/h1-4H,5H2,(H,13,15)(H,16,17). The molecule has 18 heavy (non-hydrogen) atoms. The molecule has 0 saturated heterocycles. The van der Waals surface area contributed by atoms with Crippen molar-refractivity contribution >= 4 is 45.9 Å². The van der Waals surface area contributed by atoms with Gasteiger partial charge in [0.1, 0.15) is 5.03 Å². The van der Waals surface area contributed by atoms with Crippen LogP contribution in [0.2, 0.25) is 0 Å². The van der Waals surface area contributed by atoms with E-state index in [1.807, 2.05) is 0 Å². The second kappa shape index (κ2) is 5.27. The van der Waals surface area contributed by atoms with Crippen molar-refractivity contribution in [1.29, 1.82) is 0 Å². The highest BCUT2D eigenvalue weighted by Gasteiger charge is 2.23. The maximum absolute atomic E-state index is 11.4. The molecule has 0 aliphatic carbocycles. The Hall–Kier alpha value is -1.08. The fourth-order valence-electron chi connectivity index (χ4n) is 1.44. The zero-order valence-electron chi connectivity index (χ0n) is 8.89. The molecular weight excluding hydrogens is 299 g/mol. The van der Waals surface area contributed by atoms with E-state index in [1.54, 1.807) is 12.1 Å². The van der Waals surface area contributed by atoms with Gasteiger partial charge in [0.25, 0.3) is 5.91 Å². The molecule has 1 atom stereocenters. The van der Waals surface area contributed by atoms with Crippen molar-refractivity contribution in [3.8, 4) is 0 Å². The second-order valence-electron chi connectivity index (χ2n) is 3.49. The fourth-order valence-corrected chi connectivity index (χ4v) is 2.12. The lowest BCUT2D eigenvalue weighted by Gasteiger charge is -2.28. The Labute approximate surface area is 116 Å². The van der Waals surface area contributed by atoms with Crippen LogP contribution in [0.25, 0.3) is 0 Å². The van der Waals surface area contributed by atoms with Crippen molar-refractivity contribution in [1.82, 2.24) is 5.43 Å². The maximum Gasteiger partial charge on any atom is 0.282 e. The first kappa shape index (κ1) is 13.4. The molecule has 1 heterocycles. The number of carbonyl (C=O) groups is 1. The van der Waals surface area contributed by atoms with Crippen molar-refractivity contribution in [2.24, 2.45) is 0 Å². The summed E-state index contributed by atoms with van der Waals surface area (Å²) in [6.45, 7) is 0.244. The quantitative estimate of drug-likeness (QED) is 0.818. The summed E-state index contributed by atoms with van der Waals surface area (Å²) in [5, 5.41) is 1.72. The summed E-state index contributed by atoms with van der Waals surface area (Å²) in [5.41, 5.74) is 3.18. The van der Waals surface area contributed by atoms with Crippen molar-refractivity contribution < 1.29 is 13.6 Å². The number of hydrazine groups is 1. The minimum atomic E-state index is -2.02. The van der Waals surface area contributed by atoms with Crippen molar-refractivity contribution in [2.75, 3.05) is 11.6 Å². The summed E-state index contributed by atoms with van der Waals surface area (Å²) in [7, 11) is 0. The van der Waals surface area contributed by atoms with Crippen LogP contribution in [-0.2, 0) is 15.9 Å². The highest BCUT2D eigenvalue weighted by molar-refractivity contribution is 7.79. The Balaban J connectivity index is 2.23. The number of amides is 1. The van der Waals surface area contributed by atoms with Crippen LogP contribution < -0.4 is 10.4 Å². The summed E-state index contributed by atoms with van der Waals surface area (Å²) in [6, 6.07) is 6.19. The SMILES string of the molecule is O=C1NN(c2ccc(S(=O)O)cc2)CC(Cl)=C1Cl. The number of halogens is 2. The van der Waals surface area contributed by atoms with Crippen molar-refractivity contribution in [3.05, 3.63) is 34.3 Å². The second-order valence-corrected chi connectivity index (χ2v) is 5.29. The van der Waals surface area contributed by atoms with Gasteiger partial charge >= 0.3 is 0 Å². The molecule has 2 N–H and O–H groups in total.